The van der Waals surface area contributed by atoms with Gasteiger partial charge < -0.3 is 14.8 Å². The van der Waals surface area contributed by atoms with Crippen LogP contribution in [-0.4, -0.2) is 21.5 Å². The third-order valence-corrected chi connectivity index (χ3v) is 4.97. The van der Waals surface area contributed by atoms with Crippen molar-refractivity contribution >= 4 is 11.7 Å². The van der Waals surface area contributed by atoms with Crippen molar-refractivity contribution in [1.82, 2.24) is 9.47 Å². The molecule has 2 amide bonds. The van der Waals surface area contributed by atoms with Gasteiger partial charge in [-0.3, -0.25) is 0 Å². The van der Waals surface area contributed by atoms with E-state index in [1.807, 2.05) is 42.2 Å². The second-order valence-electron chi connectivity index (χ2n) is 7.27. The fourth-order valence-electron chi connectivity index (χ4n) is 3.37. The highest BCUT2D eigenvalue weighted by molar-refractivity contribution is 5.89. The Morgan fingerprint density at radius 1 is 1.07 bits per heavy atom. The minimum Gasteiger partial charge on any atom is -0.345 e. The van der Waals surface area contributed by atoms with E-state index in [-0.39, 0.29) is 6.03 Å². The molecule has 2 aromatic carbocycles. The summed E-state index contributed by atoms with van der Waals surface area (Å²) in [7, 11) is 0. The molecular formula is C23H25N3O. The Kier molecular flexibility index (Phi) is 4.97. The Bertz CT molecular complexity index is 912. The number of rotatable bonds is 6. The Morgan fingerprint density at radius 3 is 2.63 bits per heavy atom. The fourth-order valence-corrected chi connectivity index (χ4v) is 3.37. The third kappa shape index (κ3) is 4.40. The van der Waals surface area contributed by atoms with Crippen molar-refractivity contribution < 1.29 is 4.79 Å². The lowest BCUT2D eigenvalue weighted by Gasteiger charge is -2.24. The van der Waals surface area contributed by atoms with Gasteiger partial charge in [0.1, 0.15) is 0 Å². The van der Waals surface area contributed by atoms with Gasteiger partial charge in [-0.25, -0.2) is 4.79 Å². The summed E-state index contributed by atoms with van der Waals surface area (Å²) in [4.78, 5) is 14.9. The van der Waals surface area contributed by atoms with Crippen molar-refractivity contribution in [1.29, 1.82) is 0 Å². The van der Waals surface area contributed by atoms with E-state index in [4.69, 9.17) is 0 Å². The van der Waals surface area contributed by atoms with Gasteiger partial charge in [-0.15, -0.1) is 0 Å². The highest BCUT2D eigenvalue weighted by Crippen LogP contribution is 2.29. The average molecular weight is 359 g/mol. The van der Waals surface area contributed by atoms with E-state index in [1.165, 1.54) is 5.56 Å². The predicted octanol–water partition coefficient (Wildman–Crippen LogP) is 5.04. The minimum absolute atomic E-state index is 0.0180. The first kappa shape index (κ1) is 17.4. The molecule has 1 aliphatic rings. The molecule has 0 saturated heterocycles. The van der Waals surface area contributed by atoms with Gasteiger partial charge >= 0.3 is 6.03 Å². The normalized spacial score (nSPS) is 13.4. The summed E-state index contributed by atoms with van der Waals surface area (Å²) in [6.07, 6.45) is 4.26. The number of amides is 2. The van der Waals surface area contributed by atoms with Crippen LogP contribution in [0.4, 0.5) is 10.5 Å². The van der Waals surface area contributed by atoms with Gasteiger partial charge in [0.25, 0.3) is 0 Å². The minimum atomic E-state index is -0.0180. The van der Waals surface area contributed by atoms with Crippen molar-refractivity contribution in [3.05, 3.63) is 89.7 Å². The molecular weight excluding hydrogens is 334 g/mol. The molecule has 4 heteroatoms. The van der Waals surface area contributed by atoms with E-state index in [9.17, 15) is 4.79 Å². The van der Waals surface area contributed by atoms with Crippen LogP contribution in [-0.2, 0) is 13.1 Å². The molecule has 0 atom stereocenters. The summed E-state index contributed by atoms with van der Waals surface area (Å²) in [5.41, 5.74) is 4.41. The molecule has 0 bridgehead atoms. The van der Waals surface area contributed by atoms with E-state index in [1.54, 1.807) is 0 Å². The molecule has 0 aliphatic heterocycles. The molecule has 1 aliphatic carbocycles. The molecule has 1 N–H and O–H groups in total. The molecule has 27 heavy (non-hydrogen) atoms. The lowest BCUT2D eigenvalue weighted by Crippen LogP contribution is -2.36. The number of benzene rings is 2. The molecule has 0 unspecified atom stereocenters. The SMILES string of the molecule is Cc1cccc(NC(=O)N(Cc2cccn2Cc2ccccc2)C2CC2)c1. The summed E-state index contributed by atoms with van der Waals surface area (Å²) in [5.74, 6) is 0. The first-order chi connectivity index (χ1) is 13.2. The van der Waals surface area contributed by atoms with Crippen LogP contribution < -0.4 is 5.32 Å². The van der Waals surface area contributed by atoms with Gasteiger partial charge in [0.2, 0.25) is 0 Å². The zero-order chi connectivity index (χ0) is 18.6. The van der Waals surface area contributed by atoms with Crippen molar-refractivity contribution in [2.75, 3.05) is 5.32 Å². The lowest BCUT2D eigenvalue weighted by molar-refractivity contribution is 0.204. The van der Waals surface area contributed by atoms with Crippen LogP contribution >= 0.6 is 0 Å². The maximum atomic E-state index is 12.9. The van der Waals surface area contributed by atoms with Crippen molar-refractivity contribution in [2.24, 2.45) is 0 Å². The van der Waals surface area contributed by atoms with E-state index < -0.39 is 0 Å². The topological polar surface area (TPSA) is 37.3 Å². The van der Waals surface area contributed by atoms with Crippen LogP contribution in [0.1, 0.15) is 29.7 Å². The number of hydrogen-bond donors (Lipinski definition) is 1. The van der Waals surface area contributed by atoms with Gasteiger partial charge in [0, 0.05) is 30.2 Å². The zero-order valence-corrected chi connectivity index (χ0v) is 15.6. The van der Waals surface area contributed by atoms with Crippen LogP contribution in [0.25, 0.3) is 0 Å². The molecule has 1 heterocycles. The molecule has 1 fully saturated rings. The van der Waals surface area contributed by atoms with Crippen LogP contribution in [0, 0.1) is 6.92 Å². The van der Waals surface area contributed by atoms with Crippen LogP contribution in [0.15, 0.2) is 72.9 Å². The van der Waals surface area contributed by atoms with E-state index in [0.717, 1.165) is 36.3 Å². The highest BCUT2D eigenvalue weighted by Gasteiger charge is 2.33. The quantitative estimate of drug-likeness (QED) is 0.658. The summed E-state index contributed by atoms with van der Waals surface area (Å²) in [6.45, 7) is 3.48. The largest absolute Gasteiger partial charge is 0.345 e. The molecule has 1 aromatic heterocycles. The number of carbonyl (C=O) groups is 1. The maximum Gasteiger partial charge on any atom is 0.322 e. The fraction of sp³-hybridized carbons (Fsp3) is 0.261. The summed E-state index contributed by atoms with van der Waals surface area (Å²) in [5, 5.41) is 3.06. The Hall–Kier alpha value is -3.01. The second-order valence-corrected chi connectivity index (χ2v) is 7.27. The van der Waals surface area contributed by atoms with Gasteiger partial charge in [-0.05, 0) is 55.2 Å². The number of urea groups is 1. The van der Waals surface area contributed by atoms with E-state index in [0.29, 0.717) is 12.6 Å². The van der Waals surface area contributed by atoms with Crippen LogP contribution in [0.2, 0.25) is 0 Å². The first-order valence-corrected chi connectivity index (χ1v) is 9.51. The molecule has 138 valence electrons. The predicted molar refractivity (Wildman–Crippen MR) is 109 cm³/mol. The number of aromatic nitrogens is 1. The summed E-state index contributed by atoms with van der Waals surface area (Å²) in [6, 6.07) is 22.8. The standard InChI is InChI=1S/C23H25N3O/c1-18-7-5-10-20(15-18)24-23(27)26(21-12-13-21)17-22-11-6-14-25(22)16-19-8-3-2-4-9-19/h2-11,14-15,21H,12-13,16-17H2,1H3,(H,24,27). The number of anilines is 1. The average Bonchev–Trinajstić information content (AvgIpc) is 3.41. The monoisotopic (exact) mass is 359 g/mol. The highest BCUT2D eigenvalue weighted by atomic mass is 16.2. The number of carbonyl (C=O) groups excluding carboxylic acids is 1. The van der Waals surface area contributed by atoms with Gasteiger partial charge in [0.05, 0.1) is 6.54 Å². The third-order valence-electron chi connectivity index (χ3n) is 4.97. The van der Waals surface area contributed by atoms with E-state index >= 15 is 0 Å². The Balaban J connectivity index is 1.48. The molecule has 0 spiro atoms. The van der Waals surface area contributed by atoms with E-state index in [2.05, 4.69) is 52.5 Å². The van der Waals surface area contributed by atoms with Gasteiger partial charge in [-0.1, -0.05) is 42.5 Å². The number of hydrogen-bond acceptors (Lipinski definition) is 1. The Morgan fingerprint density at radius 2 is 1.89 bits per heavy atom. The van der Waals surface area contributed by atoms with Crippen molar-refractivity contribution in [3.8, 4) is 0 Å². The second kappa shape index (κ2) is 7.70. The number of nitrogens with zero attached hydrogens (tertiary/aromatic N) is 2. The number of nitrogens with one attached hydrogen (secondary N) is 1. The summed E-state index contributed by atoms with van der Waals surface area (Å²) >= 11 is 0. The zero-order valence-electron chi connectivity index (χ0n) is 15.6. The Labute approximate surface area is 160 Å². The van der Waals surface area contributed by atoms with Crippen molar-refractivity contribution in [2.45, 2.75) is 38.9 Å². The van der Waals surface area contributed by atoms with Crippen LogP contribution in [0.5, 0.6) is 0 Å². The van der Waals surface area contributed by atoms with Gasteiger partial charge in [0.15, 0.2) is 0 Å². The lowest BCUT2D eigenvalue weighted by atomic mass is 10.2. The molecule has 0 radical (unpaired) electrons. The number of aryl methyl sites for hydroxylation is 1. The maximum absolute atomic E-state index is 12.9. The van der Waals surface area contributed by atoms with Crippen molar-refractivity contribution in [3.63, 3.8) is 0 Å². The molecule has 3 aromatic rings. The molecule has 4 nitrogen and oxygen atoms in total. The molecule has 1 saturated carbocycles. The smallest absolute Gasteiger partial charge is 0.322 e. The molecule has 4 rings (SSSR count). The van der Waals surface area contributed by atoms with Gasteiger partial charge in [-0.2, -0.15) is 0 Å². The van der Waals surface area contributed by atoms with Crippen LogP contribution in [0.3, 0.4) is 0 Å². The summed E-state index contributed by atoms with van der Waals surface area (Å²) < 4.78 is 2.23. The first-order valence-electron chi connectivity index (χ1n) is 9.51.